The van der Waals surface area contributed by atoms with Crippen molar-refractivity contribution in [2.24, 2.45) is 0 Å². The summed E-state index contributed by atoms with van der Waals surface area (Å²) in [5, 5.41) is 5.02. The summed E-state index contributed by atoms with van der Waals surface area (Å²) in [6.45, 7) is 2.09. The molecular formula is C21H19N3O3. The molecule has 2 aromatic carbocycles. The van der Waals surface area contributed by atoms with Crippen LogP contribution in [0.15, 0.2) is 59.5 Å². The smallest absolute Gasteiger partial charge is 0.338 e. The van der Waals surface area contributed by atoms with Crippen LogP contribution >= 0.6 is 0 Å². The van der Waals surface area contributed by atoms with Crippen molar-refractivity contribution in [3.05, 3.63) is 70.6 Å². The largest absolute Gasteiger partial charge is 0.462 e. The highest BCUT2D eigenvalue weighted by molar-refractivity contribution is 6.10. The van der Waals surface area contributed by atoms with Crippen molar-refractivity contribution in [2.75, 3.05) is 19.0 Å². The molecule has 0 spiro atoms. The second-order valence-electron chi connectivity index (χ2n) is 6.15. The molecule has 0 aliphatic heterocycles. The average Bonchev–Trinajstić information content (AvgIpc) is 3.08. The van der Waals surface area contributed by atoms with Crippen molar-refractivity contribution >= 4 is 33.5 Å². The van der Waals surface area contributed by atoms with Crippen molar-refractivity contribution in [1.29, 1.82) is 0 Å². The van der Waals surface area contributed by atoms with Gasteiger partial charge in [-0.25, -0.2) is 4.79 Å². The molecule has 136 valence electrons. The highest BCUT2D eigenvalue weighted by Gasteiger charge is 2.13. The number of aromatic amines is 1. The molecule has 0 saturated carbocycles. The van der Waals surface area contributed by atoms with Gasteiger partial charge in [-0.1, -0.05) is 12.1 Å². The molecule has 2 N–H and O–H groups in total. The molecule has 0 radical (unpaired) electrons. The van der Waals surface area contributed by atoms with Crippen LogP contribution in [-0.4, -0.2) is 29.2 Å². The lowest BCUT2D eigenvalue weighted by Gasteiger charge is -2.07. The summed E-state index contributed by atoms with van der Waals surface area (Å²) in [5.41, 5.74) is 3.39. The maximum absolute atomic E-state index is 13.0. The first-order valence-electron chi connectivity index (χ1n) is 8.75. The van der Waals surface area contributed by atoms with E-state index >= 15 is 0 Å². The van der Waals surface area contributed by atoms with E-state index in [1.165, 1.54) is 0 Å². The summed E-state index contributed by atoms with van der Waals surface area (Å²) in [6, 6.07) is 14.6. The Morgan fingerprint density at radius 2 is 1.81 bits per heavy atom. The predicted octanol–water partition coefficient (Wildman–Crippen LogP) is 3.69. The van der Waals surface area contributed by atoms with E-state index in [0.717, 1.165) is 22.0 Å². The molecular weight excluding hydrogens is 342 g/mol. The van der Waals surface area contributed by atoms with Gasteiger partial charge in [0, 0.05) is 29.7 Å². The molecule has 0 aliphatic rings. The number of H-pyrrole nitrogens is 1. The number of para-hydroxylation sites is 1. The summed E-state index contributed by atoms with van der Waals surface area (Å²) >= 11 is 0. The number of hydrogen-bond donors (Lipinski definition) is 2. The third-order valence-electron chi connectivity index (χ3n) is 4.62. The van der Waals surface area contributed by atoms with Crippen LogP contribution in [0, 0.1) is 0 Å². The molecule has 6 nitrogen and oxygen atoms in total. The van der Waals surface area contributed by atoms with Gasteiger partial charge >= 0.3 is 5.97 Å². The molecule has 2 heterocycles. The minimum atomic E-state index is -0.373. The summed E-state index contributed by atoms with van der Waals surface area (Å²) in [6.07, 6.45) is 1.75. The highest BCUT2D eigenvalue weighted by Crippen LogP contribution is 2.28. The van der Waals surface area contributed by atoms with E-state index in [4.69, 9.17) is 4.74 Å². The second-order valence-corrected chi connectivity index (χ2v) is 6.15. The van der Waals surface area contributed by atoms with E-state index in [1.54, 1.807) is 42.0 Å². The SMILES string of the molecule is CCOC(=O)c1ccc(-n2ccc3c([nH]c4c(NC)cccc43)c2=O)cc1. The number of aromatic nitrogens is 2. The number of nitrogens with one attached hydrogen (secondary N) is 2. The van der Waals surface area contributed by atoms with Gasteiger partial charge in [0.1, 0.15) is 5.52 Å². The summed E-state index contributed by atoms with van der Waals surface area (Å²) in [4.78, 5) is 28.1. The van der Waals surface area contributed by atoms with E-state index in [0.29, 0.717) is 23.4 Å². The molecule has 0 fully saturated rings. The van der Waals surface area contributed by atoms with Gasteiger partial charge in [-0.05, 0) is 43.3 Å². The highest BCUT2D eigenvalue weighted by atomic mass is 16.5. The third-order valence-corrected chi connectivity index (χ3v) is 4.62. The monoisotopic (exact) mass is 361 g/mol. The maximum atomic E-state index is 13.0. The van der Waals surface area contributed by atoms with Gasteiger partial charge < -0.3 is 15.0 Å². The second kappa shape index (κ2) is 6.64. The fourth-order valence-electron chi connectivity index (χ4n) is 3.30. The minimum Gasteiger partial charge on any atom is -0.462 e. The number of benzene rings is 2. The summed E-state index contributed by atoms with van der Waals surface area (Å²) in [5.74, 6) is -0.373. The van der Waals surface area contributed by atoms with Gasteiger partial charge in [0.05, 0.1) is 23.4 Å². The van der Waals surface area contributed by atoms with Gasteiger partial charge in [0.15, 0.2) is 0 Å². The number of esters is 1. The number of pyridine rings is 1. The van der Waals surface area contributed by atoms with Crippen LogP contribution in [-0.2, 0) is 4.74 Å². The number of fused-ring (bicyclic) bond motifs is 3. The predicted molar refractivity (Wildman–Crippen MR) is 107 cm³/mol. The number of nitrogens with zero attached hydrogens (tertiary/aromatic N) is 1. The molecule has 0 aliphatic carbocycles. The number of hydrogen-bond acceptors (Lipinski definition) is 4. The maximum Gasteiger partial charge on any atom is 0.338 e. The first-order chi connectivity index (χ1) is 13.1. The summed E-state index contributed by atoms with van der Waals surface area (Å²) in [7, 11) is 1.85. The van der Waals surface area contributed by atoms with Crippen LogP contribution in [0.25, 0.3) is 27.5 Å². The van der Waals surface area contributed by atoms with Gasteiger partial charge in [-0.3, -0.25) is 9.36 Å². The zero-order valence-electron chi connectivity index (χ0n) is 15.1. The summed E-state index contributed by atoms with van der Waals surface area (Å²) < 4.78 is 6.55. The first-order valence-corrected chi connectivity index (χ1v) is 8.75. The number of ether oxygens (including phenoxy) is 1. The molecule has 0 atom stereocenters. The van der Waals surface area contributed by atoms with E-state index in [2.05, 4.69) is 10.3 Å². The number of anilines is 1. The van der Waals surface area contributed by atoms with E-state index < -0.39 is 0 Å². The fraction of sp³-hybridized carbons (Fsp3) is 0.143. The van der Waals surface area contributed by atoms with E-state index in [1.807, 2.05) is 31.3 Å². The zero-order chi connectivity index (χ0) is 19.0. The van der Waals surface area contributed by atoms with Crippen LogP contribution in [0.3, 0.4) is 0 Å². The Balaban J connectivity index is 1.83. The average molecular weight is 361 g/mol. The molecule has 4 rings (SSSR count). The van der Waals surface area contributed by atoms with Crippen LogP contribution in [0.4, 0.5) is 5.69 Å². The standard InChI is InChI=1S/C21H19N3O3/c1-3-27-21(26)13-7-9-14(10-8-13)24-12-11-16-15-5-4-6-17(22-2)18(15)23-19(16)20(24)25/h4-12,22-23H,3H2,1-2H3. The zero-order valence-corrected chi connectivity index (χ0v) is 15.1. The number of rotatable bonds is 4. The van der Waals surface area contributed by atoms with Crippen LogP contribution in [0.5, 0.6) is 0 Å². The Morgan fingerprint density at radius 1 is 1.07 bits per heavy atom. The Kier molecular flexibility index (Phi) is 4.16. The van der Waals surface area contributed by atoms with E-state index in [9.17, 15) is 9.59 Å². The molecule has 0 amide bonds. The fourth-order valence-corrected chi connectivity index (χ4v) is 3.30. The first kappa shape index (κ1) is 16.9. The molecule has 0 unspecified atom stereocenters. The molecule has 27 heavy (non-hydrogen) atoms. The third kappa shape index (κ3) is 2.75. The van der Waals surface area contributed by atoms with Crippen molar-refractivity contribution in [2.45, 2.75) is 6.92 Å². The lowest BCUT2D eigenvalue weighted by Crippen LogP contribution is -2.17. The molecule has 4 aromatic rings. The van der Waals surface area contributed by atoms with Crippen molar-refractivity contribution in [3.8, 4) is 5.69 Å². The van der Waals surface area contributed by atoms with Crippen molar-refractivity contribution in [3.63, 3.8) is 0 Å². The lowest BCUT2D eigenvalue weighted by molar-refractivity contribution is 0.0526. The van der Waals surface area contributed by atoms with Gasteiger partial charge in [-0.15, -0.1) is 0 Å². The number of carbonyl (C=O) groups is 1. The van der Waals surface area contributed by atoms with Gasteiger partial charge in [0.2, 0.25) is 0 Å². The lowest BCUT2D eigenvalue weighted by atomic mass is 10.1. The van der Waals surface area contributed by atoms with Crippen molar-refractivity contribution in [1.82, 2.24) is 9.55 Å². The molecule has 2 aromatic heterocycles. The van der Waals surface area contributed by atoms with Gasteiger partial charge in [0.25, 0.3) is 5.56 Å². The Labute approximate surface area is 155 Å². The van der Waals surface area contributed by atoms with E-state index in [-0.39, 0.29) is 11.5 Å². The Morgan fingerprint density at radius 3 is 2.52 bits per heavy atom. The molecule has 0 saturated heterocycles. The quantitative estimate of drug-likeness (QED) is 0.544. The molecule has 0 bridgehead atoms. The molecule has 6 heteroatoms. The van der Waals surface area contributed by atoms with Gasteiger partial charge in [-0.2, -0.15) is 0 Å². The topological polar surface area (TPSA) is 76.1 Å². The van der Waals surface area contributed by atoms with Crippen LogP contribution < -0.4 is 10.9 Å². The minimum absolute atomic E-state index is 0.144. The Hall–Kier alpha value is -3.54. The van der Waals surface area contributed by atoms with Crippen LogP contribution in [0.2, 0.25) is 0 Å². The Bertz CT molecular complexity index is 1200. The van der Waals surface area contributed by atoms with Crippen molar-refractivity contribution < 1.29 is 9.53 Å². The van der Waals surface area contributed by atoms with Crippen LogP contribution in [0.1, 0.15) is 17.3 Å². The normalized spacial score (nSPS) is 11.0. The number of carbonyl (C=O) groups excluding carboxylic acids is 1.